The third kappa shape index (κ3) is 3.43. The largest absolute Gasteiger partial charge is 0.307 e. The Kier molecular flexibility index (Phi) is 3.94. The first-order valence-corrected chi connectivity index (χ1v) is 6.06. The van der Waals surface area contributed by atoms with Crippen LogP contribution in [-0.2, 0) is 19.6 Å². The molecule has 1 aromatic carbocycles. The van der Waals surface area contributed by atoms with Crippen molar-refractivity contribution in [3.63, 3.8) is 0 Å². The first-order chi connectivity index (χ1) is 8.28. The Labute approximate surface area is 102 Å². The molecule has 0 spiro atoms. The van der Waals surface area contributed by atoms with E-state index in [9.17, 15) is 0 Å². The normalized spacial score (nSPS) is 10.7. The molecule has 0 saturated heterocycles. The van der Waals surface area contributed by atoms with Gasteiger partial charge in [0.25, 0.3) is 0 Å². The SMILES string of the molecule is CCn1ccc(CNCc2ccc(C)cc2)n1. The van der Waals surface area contributed by atoms with Gasteiger partial charge in [-0.1, -0.05) is 29.8 Å². The van der Waals surface area contributed by atoms with Crippen molar-refractivity contribution in [3.8, 4) is 0 Å². The van der Waals surface area contributed by atoms with E-state index in [1.807, 2.05) is 10.9 Å². The van der Waals surface area contributed by atoms with Gasteiger partial charge in [0.2, 0.25) is 0 Å². The summed E-state index contributed by atoms with van der Waals surface area (Å²) in [5.41, 5.74) is 3.71. The van der Waals surface area contributed by atoms with Gasteiger partial charge in [0, 0.05) is 25.8 Å². The van der Waals surface area contributed by atoms with E-state index in [0.717, 1.165) is 25.3 Å². The molecule has 0 unspecified atom stereocenters. The van der Waals surface area contributed by atoms with Crippen LogP contribution >= 0.6 is 0 Å². The fraction of sp³-hybridized carbons (Fsp3) is 0.357. The molecule has 0 fully saturated rings. The maximum Gasteiger partial charge on any atom is 0.0762 e. The van der Waals surface area contributed by atoms with Crippen molar-refractivity contribution in [2.45, 2.75) is 33.5 Å². The zero-order valence-corrected chi connectivity index (χ0v) is 10.5. The van der Waals surface area contributed by atoms with Crippen LogP contribution in [0.2, 0.25) is 0 Å². The lowest BCUT2D eigenvalue weighted by Gasteiger charge is -2.03. The Morgan fingerprint density at radius 1 is 1.12 bits per heavy atom. The van der Waals surface area contributed by atoms with E-state index in [1.54, 1.807) is 0 Å². The summed E-state index contributed by atoms with van der Waals surface area (Å²) in [6.45, 7) is 6.84. The first kappa shape index (κ1) is 11.9. The Balaban J connectivity index is 1.81. The zero-order valence-electron chi connectivity index (χ0n) is 10.5. The van der Waals surface area contributed by atoms with Crippen molar-refractivity contribution in [2.24, 2.45) is 0 Å². The molecule has 0 aliphatic carbocycles. The van der Waals surface area contributed by atoms with Gasteiger partial charge in [0.1, 0.15) is 0 Å². The fourth-order valence-corrected chi connectivity index (χ4v) is 1.71. The van der Waals surface area contributed by atoms with Crippen LogP contribution in [0.4, 0.5) is 0 Å². The van der Waals surface area contributed by atoms with Crippen LogP contribution in [0.25, 0.3) is 0 Å². The molecule has 2 rings (SSSR count). The molecule has 1 heterocycles. The molecule has 90 valence electrons. The minimum Gasteiger partial charge on any atom is -0.307 e. The van der Waals surface area contributed by atoms with Gasteiger partial charge in [-0.15, -0.1) is 0 Å². The van der Waals surface area contributed by atoms with E-state index in [-0.39, 0.29) is 0 Å². The number of aromatic nitrogens is 2. The average molecular weight is 229 g/mol. The summed E-state index contributed by atoms with van der Waals surface area (Å²) >= 11 is 0. The summed E-state index contributed by atoms with van der Waals surface area (Å²) in [5, 5.41) is 7.83. The number of aryl methyl sites for hydroxylation is 2. The van der Waals surface area contributed by atoms with E-state index in [2.05, 4.69) is 54.6 Å². The van der Waals surface area contributed by atoms with Gasteiger partial charge in [-0.05, 0) is 25.5 Å². The van der Waals surface area contributed by atoms with Gasteiger partial charge < -0.3 is 5.32 Å². The summed E-state index contributed by atoms with van der Waals surface area (Å²) in [6.07, 6.45) is 2.02. The van der Waals surface area contributed by atoms with Crippen LogP contribution in [0.5, 0.6) is 0 Å². The Morgan fingerprint density at radius 2 is 1.88 bits per heavy atom. The molecule has 0 radical (unpaired) electrons. The van der Waals surface area contributed by atoms with E-state index >= 15 is 0 Å². The van der Waals surface area contributed by atoms with Gasteiger partial charge in [-0.25, -0.2) is 0 Å². The quantitative estimate of drug-likeness (QED) is 0.853. The number of hydrogen-bond donors (Lipinski definition) is 1. The van der Waals surface area contributed by atoms with Crippen molar-refractivity contribution in [2.75, 3.05) is 0 Å². The Morgan fingerprint density at radius 3 is 2.53 bits per heavy atom. The van der Waals surface area contributed by atoms with Crippen LogP contribution in [0.1, 0.15) is 23.7 Å². The maximum atomic E-state index is 4.43. The van der Waals surface area contributed by atoms with Crippen molar-refractivity contribution < 1.29 is 0 Å². The highest BCUT2D eigenvalue weighted by Gasteiger charge is 1.97. The molecule has 3 nitrogen and oxygen atoms in total. The minimum absolute atomic E-state index is 0.820. The fourth-order valence-electron chi connectivity index (χ4n) is 1.71. The third-order valence-corrected chi connectivity index (χ3v) is 2.78. The third-order valence-electron chi connectivity index (χ3n) is 2.78. The molecule has 0 atom stereocenters. The predicted octanol–water partition coefficient (Wildman–Crippen LogP) is 2.50. The summed E-state index contributed by atoms with van der Waals surface area (Å²) in [5.74, 6) is 0. The second-order valence-electron chi connectivity index (χ2n) is 4.25. The number of hydrogen-bond acceptors (Lipinski definition) is 2. The molecule has 3 heteroatoms. The lowest BCUT2D eigenvalue weighted by Crippen LogP contribution is -2.13. The van der Waals surface area contributed by atoms with E-state index in [0.29, 0.717) is 0 Å². The van der Waals surface area contributed by atoms with Crippen LogP contribution in [0.15, 0.2) is 36.5 Å². The molecule has 17 heavy (non-hydrogen) atoms. The molecular weight excluding hydrogens is 210 g/mol. The van der Waals surface area contributed by atoms with Crippen LogP contribution in [0.3, 0.4) is 0 Å². The summed E-state index contributed by atoms with van der Waals surface area (Å²) in [6, 6.07) is 10.7. The monoisotopic (exact) mass is 229 g/mol. The van der Waals surface area contributed by atoms with Gasteiger partial charge in [-0.2, -0.15) is 5.10 Å². The second-order valence-corrected chi connectivity index (χ2v) is 4.25. The molecule has 0 aliphatic heterocycles. The minimum atomic E-state index is 0.820. The zero-order chi connectivity index (χ0) is 12.1. The Bertz CT molecular complexity index is 457. The van der Waals surface area contributed by atoms with Gasteiger partial charge in [0.05, 0.1) is 5.69 Å². The Hall–Kier alpha value is -1.61. The summed E-state index contributed by atoms with van der Waals surface area (Å²) in [4.78, 5) is 0. The van der Waals surface area contributed by atoms with Crippen LogP contribution in [-0.4, -0.2) is 9.78 Å². The molecule has 0 aliphatic rings. The predicted molar refractivity (Wildman–Crippen MR) is 69.6 cm³/mol. The molecule has 2 aromatic rings. The van der Waals surface area contributed by atoms with Crippen molar-refractivity contribution in [3.05, 3.63) is 53.3 Å². The second kappa shape index (κ2) is 5.64. The molecule has 1 aromatic heterocycles. The maximum absolute atomic E-state index is 4.43. The average Bonchev–Trinajstić information content (AvgIpc) is 2.80. The van der Waals surface area contributed by atoms with Crippen molar-refractivity contribution in [1.82, 2.24) is 15.1 Å². The van der Waals surface area contributed by atoms with Gasteiger partial charge in [0.15, 0.2) is 0 Å². The highest BCUT2D eigenvalue weighted by atomic mass is 15.3. The van der Waals surface area contributed by atoms with Crippen molar-refractivity contribution >= 4 is 0 Å². The van der Waals surface area contributed by atoms with Crippen molar-refractivity contribution in [1.29, 1.82) is 0 Å². The number of nitrogens with one attached hydrogen (secondary N) is 1. The highest BCUT2D eigenvalue weighted by molar-refractivity contribution is 5.21. The molecular formula is C14H19N3. The lowest BCUT2D eigenvalue weighted by atomic mass is 10.1. The number of benzene rings is 1. The molecule has 0 amide bonds. The van der Waals surface area contributed by atoms with E-state index in [1.165, 1.54) is 11.1 Å². The standard InChI is InChI=1S/C14H19N3/c1-3-17-9-8-14(16-17)11-15-10-13-6-4-12(2)5-7-13/h4-9,15H,3,10-11H2,1-2H3. The summed E-state index contributed by atoms with van der Waals surface area (Å²) < 4.78 is 1.95. The number of nitrogens with zero attached hydrogens (tertiary/aromatic N) is 2. The van der Waals surface area contributed by atoms with E-state index in [4.69, 9.17) is 0 Å². The van der Waals surface area contributed by atoms with Crippen LogP contribution in [0, 0.1) is 6.92 Å². The van der Waals surface area contributed by atoms with E-state index < -0.39 is 0 Å². The summed E-state index contributed by atoms with van der Waals surface area (Å²) in [7, 11) is 0. The molecule has 1 N–H and O–H groups in total. The topological polar surface area (TPSA) is 29.9 Å². The smallest absolute Gasteiger partial charge is 0.0762 e. The van der Waals surface area contributed by atoms with Gasteiger partial charge in [-0.3, -0.25) is 4.68 Å². The number of rotatable bonds is 5. The van der Waals surface area contributed by atoms with Gasteiger partial charge >= 0.3 is 0 Å². The van der Waals surface area contributed by atoms with Crippen LogP contribution < -0.4 is 5.32 Å². The first-order valence-electron chi connectivity index (χ1n) is 6.06. The highest BCUT2D eigenvalue weighted by Crippen LogP contribution is 2.03. The lowest BCUT2D eigenvalue weighted by molar-refractivity contribution is 0.620. The molecule has 0 saturated carbocycles. The molecule has 0 bridgehead atoms.